The predicted octanol–water partition coefficient (Wildman–Crippen LogP) is 3.01. The molecule has 0 radical (unpaired) electrons. The van der Waals surface area contributed by atoms with Crippen LogP contribution in [-0.2, 0) is 4.74 Å². The Kier molecular flexibility index (Phi) is 4.59. The minimum absolute atomic E-state index is 0.324. The van der Waals surface area contributed by atoms with Crippen molar-refractivity contribution in [2.24, 2.45) is 0 Å². The molecule has 1 aromatic carbocycles. The maximum atomic E-state index is 11.8. The van der Waals surface area contributed by atoms with E-state index in [2.05, 4.69) is 0 Å². The Morgan fingerprint density at radius 1 is 1.33 bits per heavy atom. The van der Waals surface area contributed by atoms with E-state index in [1.165, 1.54) is 0 Å². The van der Waals surface area contributed by atoms with E-state index in [9.17, 15) is 4.79 Å². The lowest BCUT2D eigenvalue weighted by Gasteiger charge is -2.26. The normalized spacial score (nSPS) is 11.1. The van der Waals surface area contributed by atoms with Crippen molar-refractivity contribution in [3.05, 3.63) is 23.8 Å². The van der Waals surface area contributed by atoms with Gasteiger partial charge in [-0.05, 0) is 45.4 Å². The van der Waals surface area contributed by atoms with Gasteiger partial charge in [0, 0.05) is 5.69 Å². The van der Waals surface area contributed by atoms with Crippen LogP contribution in [0.5, 0.6) is 5.75 Å². The minimum atomic E-state index is -0.410. The molecule has 100 valence electrons. The number of esters is 1. The van der Waals surface area contributed by atoms with E-state index < -0.39 is 5.97 Å². The lowest BCUT2D eigenvalue weighted by atomic mass is 10.1. The fourth-order valence-corrected chi connectivity index (χ4v) is 1.37. The molecule has 0 spiro atoms. The summed E-state index contributed by atoms with van der Waals surface area (Å²) in [5, 5.41) is 0. The molecule has 0 unspecified atom stereocenters. The van der Waals surface area contributed by atoms with E-state index in [1.807, 2.05) is 20.8 Å². The van der Waals surface area contributed by atoms with E-state index in [4.69, 9.17) is 15.2 Å². The van der Waals surface area contributed by atoms with Gasteiger partial charge in [-0.1, -0.05) is 6.92 Å². The predicted molar refractivity (Wildman–Crippen MR) is 71.8 cm³/mol. The van der Waals surface area contributed by atoms with Crippen molar-refractivity contribution in [3.63, 3.8) is 0 Å². The number of rotatable bonds is 5. The molecule has 2 N–H and O–H groups in total. The SMILES string of the molecule is CCOC(=O)c1cc(N)ccc1OC(C)(C)CC. The highest BCUT2D eigenvalue weighted by molar-refractivity contribution is 5.93. The van der Waals surface area contributed by atoms with Crippen LogP contribution in [0.1, 0.15) is 44.5 Å². The lowest BCUT2D eigenvalue weighted by molar-refractivity contribution is 0.0507. The van der Waals surface area contributed by atoms with Crippen LogP contribution >= 0.6 is 0 Å². The second-order valence-electron chi connectivity index (χ2n) is 4.69. The fraction of sp³-hybridized carbons (Fsp3) is 0.500. The molecule has 0 amide bonds. The second kappa shape index (κ2) is 5.76. The Morgan fingerprint density at radius 3 is 2.56 bits per heavy atom. The summed E-state index contributed by atoms with van der Waals surface area (Å²) in [6.07, 6.45) is 0.833. The van der Waals surface area contributed by atoms with Crippen LogP contribution in [0.25, 0.3) is 0 Å². The largest absolute Gasteiger partial charge is 0.487 e. The van der Waals surface area contributed by atoms with E-state index in [0.29, 0.717) is 23.6 Å². The third kappa shape index (κ3) is 3.65. The van der Waals surface area contributed by atoms with Gasteiger partial charge in [0.05, 0.1) is 6.61 Å². The summed E-state index contributed by atoms with van der Waals surface area (Å²) in [6.45, 7) is 8.06. The van der Waals surface area contributed by atoms with Gasteiger partial charge in [-0.3, -0.25) is 0 Å². The summed E-state index contributed by atoms with van der Waals surface area (Å²) in [5.74, 6) is 0.0983. The zero-order valence-electron chi connectivity index (χ0n) is 11.4. The molecule has 0 fully saturated rings. The van der Waals surface area contributed by atoms with Crippen molar-refractivity contribution in [2.45, 2.75) is 39.7 Å². The number of anilines is 1. The lowest BCUT2D eigenvalue weighted by Crippen LogP contribution is -2.27. The maximum Gasteiger partial charge on any atom is 0.341 e. The molecule has 18 heavy (non-hydrogen) atoms. The standard InChI is InChI=1S/C14H21NO3/c1-5-14(3,4)18-12-8-7-10(15)9-11(12)13(16)17-6-2/h7-9H,5-6,15H2,1-4H3. The highest BCUT2D eigenvalue weighted by atomic mass is 16.5. The van der Waals surface area contributed by atoms with E-state index >= 15 is 0 Å². The Labute approximate surface area is 108 Å². The molecule has 0 saturated heterocycles. The van der Waals surface area contributed by atoms with Crippen LogP contribution < -0.4 is 10.5 Å². The van der Waals surface area contributed by atoms with Crippen LogP contribution in [0.3, 0.4) is 0 Å². The van der Waals surface area contributed by atoms with Gasteiger partial charge in [-0.2, -0.15) is 0 Å². The van der Waals surface area contributed by atoms with Crippen LogP contribution in [0.2, 0.25) is 0 Å². The molecular formula is C14H21NO3. The van der Waals surface area contributed by atoms with Crippen LogP contribution in [0, 0.1) is 0 Å². The average molecular weight is 251 g/mol. The van der Waals surface area contributed by atoms with Gasteiger partial charge in [0.25, 0.3) is 0 Å². The van der Waals surface area contributed by atoms with Crippen molar-refractivity contribution < 1.29 is 14.3 Å². The number of nitrogens with two attached hydrogens (primary N) is 1. The topological polar surface area (TPSA) is 61.5 Å². The molecular weight excluding hydrogens is 230 g/mol. The number of benzene rings is 1. The zero-order chi connectivity index (χ0) is 13.8. The fourth-order valence-electron chi connectivity index (χ4n) is 1.37. The maximum absolute atomic E-state index is 11.8. The van der Waals surface area contributed by atoms with Gasteiger partial charge < -0.3 is 15.2 Å². The van der Waals surface area contributed by atoms with Gasteiger partial charge >= 0.3 is 5.97 Å². The van der Waals surface area contributed by atoms with E-state index in [0.717, 1.165) is 6.42 Å². The van der Waals surface area contributed by atoms with Gasteiger partial charge in [-0.15, -0.1) is 0 Å². The summed E-state index contributed by atoms with van der Waals surface area (Å²) in [7, 11) is 0. The molecule has 0 aliphatic rings. The third-order valence-corrected chi connectivity index (χ3v) is 2.74. The summed E-state index contributed by atoms with van der Waals surface area (Å²) in [5.41, 5.74) is 6.25. The first kappa shape index (κ1) is 14.4. The quantitative estimate of drug-likeness (QED) is 0.645. The van der Waals surface area contributed by atoms with E-state index in [1.54, 1.807) is 25.1 Å². The van der Waals surface area contributed by atoms with Crippen molar-refractivity contribution in [1.82, 2.24) is 0 Å². The van der Waals surface area contributed by atoms with E-state index in [-0.39, 0.29) is 5.60 Å². The molecule has 0 aromatic heterocycles. The van der Waals surface area contributed by atoms with Crippen LogP contribution in [0.15, 0.2) is 18.2 Å². The first-order chi connectivity index (χ1) is 8.39. The summed E-state index contributed by atoms with van der Waals surface area (Å²) < 4.78 is 10.8. The molecule has 1 aromatic rings. The van der Waals surface area contributed by atoms with Gasteiger partial charge in [0.15, 0.2) is 0 Å². The van der Waals surface area contributed by atoms with Crippen molar-refractivity contribution in [3.8, 4) is 5.75 Å². The summed E-state index contributed by atoms with van der Waals surface area (Å²) in [6, 6.07) is 5.00. The smallest absolute Gasteiger partial charge is 0.341 e. The van der Waals surface area contributed by atoms with Crippen molar-refractivity contribution in [1.29, 1.82) is 0 Å². The molecule has 0 aliphatic heterocycles. The molecule has 0 bridgehead atoms. The average Bonchev–Trinajstić information content (AvgIpc) is 2.31. The number of carbonyl (C=O) groups excluding carboxylic acids is 1. The Morgan fingerprint density at radius 2 is 2.00 bits per heavy atom. The van der Waals surface area contributed by atoms with Gasteiger partial charge in [0.1, 0.15) is 16.9 Å². The number of ether oxygens (including phenoxy) is 2. The highest BCUT2D eigenvalue weighted by Crippen LogP contribution is 2.27. The van der Waals surface area contributed by atoms with Gasteiger partial charge in [-0.25, -0.2) is 4.79 Å². The van der Waals surface area contributed by atoms with Gasteiger partial charge in [0.2, 0.25) is 0 Å². The second-order valence-corrected chi connectivity index (χ2v) is 4.69. The molecule has 1 rings (SSSR count). The van der Waals surface area contributed by atoms with Crippen LogP contribution in [0.4, 0.5) is 5.69 Å². The molecule has 4 heteroatoms. The Hall–Kier alpha value is -1.71. The Balaban J connectivity index is 3.07. The first-order valence-electron chi connectivity index (χ1n) is 6.15. The zero-order valence-corrected chi connectivity index (χ0v) is 11.4. The first-order valence-corrected chi connectivity index (χ1v) is 6.15. The number of nitrogen functional groups attached to an aromatic ring is 1. The number of hydrogen-bond donors (Lipinski definition) is 1. The minimum Gasteiger partial charge on any atom is -0.487 e. The van der Waals surface area contributed by atoms with Crippen molar-refractivity contribution >= 4 is 11.7 Å². The molecule has 0 heterocycles. The van der Waals surface area contributed by atoms with Crippen LogP contribution in [-0.4, -0.2) is 18.2 Å². The molecule has 0 atom stereocenters. The highest BCUT2D eigenvalue weighted by Gasteiger charge is 2.21. The molecule has 0 aliphatic carbocycles. The summed E-state index contributed by atoms with van der Waals surface area (Å²) in [4.78, 5) is 11.8. The molecule has 0 saturated carbocycles. The summed E-state index contributed by atoms with van der Waals surface area (Å²) >= 11 is 0. The Bertz CT molecular complexity index is 427. The monoisotopic (exact) mass is 251 g/mol. The molecule has 4 nitrogen and oxygen atoms in total. The number of carbonyl (C=O) groups is 1. The number of hydrogen-bond acceptors (Lipinski definition) is 4. The third-order valence-electron chi connectivity index (χ3n) is 2.74. The van der Waals surface area contributed by atoms with Crippen molar-refractivity contribution in [2.75, 3.05) is 12.3 Å².